The van der Waals surface area contributed by atoms with E-state index in [0.717, 1.165) is 0 Å². The Hall–Kier alpha value is -2.01. The minimum absolute atomic E-state index is 0.0136. The molecular formula is C18H28N4O5S. The van der Waals surface area contributed by atoms with Crippen molar-refractivity contribution in [3.05, 3.63) is 24.3 Å². The maximum atomic E-state index is 12.6. The van der Waals surface area contributed by atoms with Crippen molar-refractivity contribution in [3.63, 3.8) is 0 Å². The summed E-state index contributed by atoms with van der Waals surface area (Å²) < 4.78 is 31.8. The molecule has 1 heterocycles. The molecule has 3 N–H and O–H groups in total. The molecule has 0 unspecified atom stereocenters. The van der Waals surface area contributed by atoms with Crippen molar-refractivity contribution >= 4 is 27.5 Å². The minimum atomic E-state index is -3.58. The number of benzene rings is 1. The number of morpholine rings is 1. The molecule has 28 heavy (non-hydrogen) atoms. The number of rotatable bonds is 7. The van der Waals surface area contributed by atoms with Crippen molar-refractivity contribution in [2.45, 2.75) is 31.2 Å². The zero-order valence-corrected chi connectivity index (χ0v) is 17.3. The number of amides is 2. The molecule has 1 aliphatic heterocycles. The van der Waals surface area contributed by atoms with Crippen molar-refractivity contribution in [1.82, 2.24) is 9.21 Å². The number of hydrogen-bond donors (Lipinski definition) is 2. The summed E-state index contributed by atoms with van der Waals surface area (Å²) in [6.45, 7) is 7.00. The van der Waals surface area contributed by atoms with Gasteiger partial charge in [0.05, 0.1) is 31.2 Å². The summed E-state index contributed by atoms with van der Waals surface area (Å²) in [6, 6.07) is 6.01. The highest BCUT2D eigenvalue weighted by atomic mass is 32.2. The number of ether oxygens (including phenoxy) is 1. The van der Waals surface area contributed by atoms with E-state index in [1.165, 1.54) is 16.4 Å². The first-order valence-electron chi connectivity index (χ1n) is 9.01. The summed E-state index contributed by atoms with van der Waals surface area (Å²) in [5, 5.41) is 2.71. The third-order valence-electron chi connectivity index (χ3n) is 4.38. The largest absolute Gasteiger partial charge is 0.379 e. The molecule has 0 aromatic heterocycles. The molecule has 0 bridgehead atoms. The van der Waals surface area contributed by atoms with Crippen molar-refractivity contribution in [2.75, 3.05) is 44.7 Å². The summed E-state index contributed by atoms with van der Waals surface area (Å²) in [6.07, 6.45) is 0. The van der Waals surface area contributed by atoms with Gasteiger partial charge in [0, 0.05) is 24.3 Å². The van der Waals surface area contributed by atoms with Crippen molar-refractivity contribution in [1.29, 1.82) is 0 Å². The predicted octanol–water partition coefficient (Wildman–Crippen LogP) is 0.232. The fraction of sp³-hybridized carbons (Fsp3) is 0.556. The monoisotopic (exact) mass is 412 g/mol. The first kappa shape index (κ1) is 22.3. The Bertz CT molecular complexity index is 796. The van der Waals surface area contributed by atoms with Crippen LogP contribution in [0.25, 0.3) is 0 Å². The molecule has 9 nitrogen and oxygen atoms in total. The van der Waals surface area contributed by atoms with Crippen LogP contribution >= 0.6 is 0 Å². The average Bonchev–Trinajstić information content (AvgIpc) is 2.61. The van der Waals surface area contributed by atoms with Gasteiger partial charge in [-0.3, -0.25) is 14.5 Å². The van der Waals surface area contributed by atoms with Gasteiger partial charge in [-0.25, -0.2) is 8.42 Å². The number of hydrogen-bond acceptors (Lipinski definition) is 6. The van der Waals surface area contributed by atoms with Crippen LogP contribution in [0.15, 0.2) is 29.2 Å². The molecule has 10 heteroatoms. The normalized spacial score (nSPS) is 16.1. The molecule has 1 aliphatic rings. The quantitative estimate of drug-likeness (QED) is 0.661. The second-order valence-electron chi connectivity index (χ2n) is 7.58. The van der Waals surface area contributed by atoms with Crippen LogP contribution in [-0.2, 0) is 24.3 Å². The van der Waals surface area contributed by atoms with Crippen molar-refractivity contribution in [3.8, 4) is 0 Å². The Morgan fingerprint density at radius 3 is 2.21 bits per heavy atom. The van der Waals surface area contributed by atoms with E-state index in [1.807, 2.05) is 20.8 Å². The number of carbonyl (C=O) groups excluding carboxylic acids is 2. The van der Waals surface area contributed by atoms with Crippen LogP contribution in [0.1, 0.15) is 20.8 Å². The topological polar surface area (TPSA) is 122 Å². The lowest BCUT2D eigenvalue weighted by atomic mass is 10.1. The third kappa shape index (κ3) is 5.99. The van der Waals surface area contributed by atoms with E-state index in [-0.39, 0.29) is 23.9 Å². The fourth-order valence-corrected chi connectivity index (χ4v) is 4.15. The van der Waals surface area contributed by atoms with Crippen LogP contribution in [0, 0.1) is 0 Å². The van der Waals surface area contributed by atoms with E-state index >= 15 is 0 Å². The van der Waals surface area contributed by atoms with Gasteiger partial charge in [-0.05, 0) is 45.0 Å². The van der Waals surface area contributed by atoms with E-state index in [4.69, 9.17) is 10.5 Å². The number of nitrogens with one attached hydrogen (secondary N) is 1. The van der Waals surface area contributed by atoms with E-state index in [1.54, 1.807) is 17.0 Å². The second-order valence-corrected chi connectivity index (χ2v) is 9.52. The maximum absolute atomic E-state index is 12.6. The molecular weight excluding hydrogens is 384 g/mol. The number of carbonyl (C=O) groups is 2. The highest BCUT2D eigenvalue weighted by molar-refractivity contribution is 7.89. The van der Waals surface area contributed by atoms with E-state index in [9.17, 15) is 18.0 Å². The lowest BCUT2D eigenvalue weighted by molar-refractivity contribution is -0.123. The molecule has 2 amide bonds. The highest BCUT2D eigenvalue weighted by Gasteiger charge is 2.27. The predicted molar refractivity (Wildman–Crippen MR) is 105 cm³/mol. The lowest BCUT2D eigenvalue weighted by Gasteiger charge is -2.33. The van der Waals surface area contributed by atoms with E-state index in [2.05, 4.69) is 5.32 Å². The molecule has 0 radical (unpaired) electrons. The van der Waals surface area contributed by atoms with Gasteiger partial charge in [0.1, 0.15) is 0 Å². The zero-order chi connectivity index (χ0) is 20.9. The standard InChI is InChI=1S/C18H28N4O5S/c1-18(2,3)21(12-16(19)23)13-17(24)20-14-4-6-15(7-5-14)28(25,26)22-8-10-27-11-9-22/h4-7H,8-13H2,1-3H3,(H2,19,23)(H,20,24). The molecule has 0 atom stereocenters. The summed E-state index contributed by atoms with van der Waals surface area (Å²) >= 11 is 0. The lowest BCUT2D eigenvalue weighted by Crippen LogP contribution is -2.49. The van der Waals surface area contributed by atoms with Gasteiger partial charge in [-0.2, -0.15) is 4.31 Å². The van der Waals surface area contributed by atoms with Crippen molar-refractivity contribution in [2.24, 2.45) is 5.73 Å². The smallest absolute Gasteiger partial charge is 0.243 e. The first-order chi connectivity index (χ1) is 13.0. The SMILES string of the molecule is CC(C)(C)N(CC(N)=O)CC(=O)Nc1ccc(S(=O)(=O)N2CCOCC2)cc1. The third-order valence-corrected chi connectivity index (χ3v) is 6.29. The maximum Gasteiger partial charge on any atom is 0.243 e. The van der Waals surface area contributed by atoms with Crippen molar-refractivity contribution < 1.29 is 22.7 Å². The van der Waals surface area contributed by atoms with Gasteiger partial charge in [0.2, 0.25) is 21.8 Å². The van der Waals surface area contributed by atoms with Gasteiger partial charge in [-0.1, -0.05) is 0 Å². The molecule has 1 aromatic carbocycles. The van der Waals surface area contributed by atoms with Gasteiger partial charge in [0.15, 0.2) is 0 Å². The van der Waals surface area contributed by atoms with Gasteiger partial charge in [-0.15, -0.1) is 0 Å². The zero-order valence-electron chi connectivity index (χ0n) is 16.5. The molecule has 0 aliphatic carbocycles. The van der Waals surface area contributed by atoms with Gasteiger partial charge >= 0.3 is 0 Å². The van der Waals surface area contributed by atoms with Crippen LogP contribution in [0.2, 0.25) is 0 Å². The summed E-state index contributed by atoms with van der Waals surface area (Å²) in [7, 11) is -3.58. The fourth-order valence-electron chi connectivity index (χ4n) is 2.74. The minimum Gasteiger partial charge on any atom is -0.379 e. The van der Waals surface area contributed by atoms with Gasteiger partial charge < -0.3 is 15.8 Å². The Balaban J connectivity index is 2.03. The van der Waals surface area contributed by atoms with Crippen LogP contribution in [0.3, 0.4) is 0 Å². The summed E-state index contributed by atoms with van der Waals surface area (Å²) in [5.74, 6) is -0.833. The van der Waals surface area contributed by atoms with Crippen LogP contribution in [-0.4, -0.2) is 74.4 Å². The molecule has 1 aromatic rings. The highest BCUT2D eigenvalue weighted by Crippen LogP contribution is 2.20. The number of primary amides is 1. The van der Waals surface area contributed by atoms with Gasteiger partial charge in [0.25, 0.3) is 0 Å². The molecule has 2 rings (SSSR count). The number of anilines is 1. The van der Waals surface area contributed by atoms with Crippen LogP contribution < -0.4 is 11.1 Å². The number of nitrogens with two attached hydrogens (primary N) is 1. The molecule has 1 fully saturated rings. The average molecular weight is 413 g/mol. The summed E-state index contributed by atoms with van der Waals surface area (Å²) in [5.41, 5.74) is 5.31. The Morgan fingerprint density at radius 1 is 1.14 bits per heavy atom. The molecule has 0 spiro atoms. The van der Waals surface area contributed by atoms with Crippen LogP contribution in [0.5, 0.6) is 0 Å². The van der Waals surface area contributed by atoms with Crippen LogP contribution in [0.4, 0.5) is 5.69 Å². The molecule has 1 saturated heterocycles. The number of sulfonamides is 1. The number of nitrogens with zero attached hydrogens (tertiary/aromatic N) is 2. The molecule has 156 valence electrons. The Kier molecular flexibility index (Phi) is 7.16. The Morgan fingerprint density at radius 2 is 1.71 bits per heavy atom. The molecule has 0 saturated carbocycles. The first-order valence-corrected chi connectivity index (χ1v) is 10.5. The van der Waals surface area contributed by atoms with E-state index < -0.39 is 21.5 Å². The second kappa shape index (κ2) is 8.99. The van der Waals surface area contributed by atoms with E-state index in [0.29, 0.717) is 32.0 Å². The summed E-state index contributed by atoms with van der Waals surface area (Å²) in [4.78, 5) is 25.4. The Labute approximate surface area is 165 Å².